The van der Waals surface area contributed by atoms with Gasteiger partial charge in [-0.05, 0) is 25.0 Å². The standard InChI is InChI=1S/C18H21N3OS/c19-17-16(18-20-13-9-5-6-10-15(13)23-18)14(22)11-21(17)12-7-3-1-2-4-8-12/h5-6,9-10,12,19,22H,1-4,7-8,11H2. The van der Waals surface area contributed by atoms with Crippen molar-refractivity contribution in [3.63, 3.8) is 0 Å². The largest absolute Gasteiger partial charge is 0.510 e. The van der Waals surface area contributed by atoms with E-state index in [2.05, 4.69) is 9.88 Å². The van der Waals surface area contributed by atoms with Crippen LogP contribution in [0.3, 0.4) is 0 Å². The number of para-hydroxylation sites is 1. The van der Waals surface area contributed by atoms with Gasteiger partial charge in [-0.25, -0.2) is 4.98 Å². The molecule has 2 heterocycles. The summed E-state index contributed by atoms with van der Waals surface area (Å²) in [7, 11) is 0. The van der Waals surface area contributed by atoms with E-state index in [1.807, 2.05) is 24.3 Å². The summed E-state index contributed by atoms with van der Waals surface area (Å²) in [6.07, 6.45) is 7.30. The molecular formula is C18H21N3OS. The van der Waals surface area contributed by atoms with E-state index in [1.165, 1.54) is 25.7 Å². The fraction of sp³-hybridized carbons (Fsp3) is 0.444. The molecule has 120 valence electrons. The van der Waals surface area contributed by atoms with Gasteiger partial charge in [0.2, 0.25) is 0 Å². The number of benzene rings is 1. The number of aliphatic hydroxyl groups excluding tert-OH is 1. The van der Waals surface area contributed by atoms with E-state index in [4.69, 9.17) is 5.41 Å². The SMILES string of the molecule is N=C1C(c2nc3ccccc3s2)=C(O)CN1C1CCCCCC1. The highest BCUT2D eigenvalue weighted by Crippen LogP contribution is 2.35. The van der Waals surface area contributed by atoms with Gasteiger partial charge in [0.05, 0.1) is 22.3 Å². The lowest BCUT2D eigenvalue weighted by molar-refractivity contribution is 0.274. The zero-order valence-electron chi connectivity index (χ0n) is 13.1. The van der Waals surface area contributed by atoms with E-state index in [0.29, 0.717) is 29.8 Å². The first kappa shape index (κ1) is 14.7. The molecule has 2 aromatic rings. The molecule has 0 saturated heterocycles. The normalized spacial score (nSPS) is 20.5. The third kappa shape index (κ3) is 2.63. The van der Waals surface area contributed by atoms with Crippen molar-refractivity contribution in [1.82, 2.24) is 9.88 Å². The topological polar surface area (TPSA) is 60.2 Å². The van der Waals surface area contributed by atoms with Crippen molar-refractivity contribution in [2.24, 2.45) is 0 Å². The number of aromatic nitrogens is 1. The lowest BCUT2D eigenvalue weighted by atomic mass is 10.1. The number of thiazole rings is 1. The van der Waals surface area contributed by atoms with Crippen LogP contribution in [0.1, 0.15) is 43.5 Å². The van der Waals surface area contributed by atoms with Crippen LogP contribution in [0, 0.1) is 5.41 Å². The van der Waals surface area contributed by atoms with Gasteiger partial charge in [-0.15, -0.1) is 11.3 Å². The zero-order chi connectivity index (χ0) is 15.8. The summed E-state index contributed by atoms with van der Waals surface area (Å²) in [6, 6.07) is 8.37. The lowest BCUT2D eigenvalue weighted by Crippen LogP contribution is -2.37. The zero-order valence-corrected chi connectivity index (χ0v) is 13.9. The molecule has 1 aliphatic carbocycles. The molecule has 23 heavy (non-hydrogen) atoms. The Labute approximate surface area is 140 Å². The van der Waals surface area contributed by atoms with Crippen molar-refractivity contribution >= 4 is 33.0 Å². The van der Waals surface area contributed by atoms with Crippen molar-refractivity contribution in [3.05, 3.63) is 35.0 Å². The predicted molar refractivity (Wildman–Crippen MR) is 95.1 cm³/mol. The number of hydrogen-bond acceptors (Lipinski definition) is 4. The van der Waals surface area contributed by atoms with Crippen LogP contribution in [0.15, 0.2) is 30.0 Å². The van der Waals surface area contributed by atoms with Crippen molar-refractivity contribution in [3.8, 4) is 0 Å². The first-order valence-electron chi connectivity index (χ1n) is 8.37. The fourth-order valence-electron chi connectivity index (χ4n) is 3.68. The third-order valence-corrected chi connectivity index (χ3v) is 5.96. The minimum absolute atomic E-state index is 0.304. The molecule has 1 aliphatic heterocycles. The second kappa shape index (κ2) is 5.96. The van der Waals surface area contributed by atoms with Gasteiger partial charge in [-0.1, -0.05) is 37.8 Å². The first-order valence-corrected chi connectivity index (χ1v) is 9.19. The van der Waals surface area contributed by atoms with Gasteiger partial charge in [0, 0.05) is 6.04 Å². The second-order valence-electron chi connectivity index (χ2n) is 6.43. The van der Waals surface area contributed by atoms with Gasteiger partial charge in [0.25, 0.3) is 0 Å². The predicted octanol–water partition coefficient (Wildman–Crippen LogP) is 4.58. The van der Waals surface area contributed by atoms with Crippen LogP contribution in [-0.4, -0.2) is 33.4 Å². The second-order valence-corrected chi connectivity index (χ2v) is 7.46. The third-order valence-electron chi connectivity index (χ3n) is 4.91. The summed E-state index contributed by atoms with van der Waals surface area (Å²) in [4.78, 5) is 6.71. The molecule has 0 bridgehead atoms. The van der Waals surface area contributed by atoms with E-state index in [1.54, 1.807) is 11.3 Å². The van der Waals surface area contributed by atoms with E-state index in [-0.39, 0.29) is 0 Å². The number of nitrogens with one attached hydrogen (secondary N) is 1. The minimum atomic E-state index is 0.304. The Morgan fingerprint density at radius 2 is 1.87 bits per heavy atom. The van der Waals surface area contributed by atoms with Gasteiger partial charge in [0.1, 0.15) is 16.6 Å². The molecule has 4 nitrogen and oxygen atoms in total. The average Bonchev–Trinajstić information content (AvgIpc) is 2.96. The highest BCUT2D eigenvalue weighted by molar-refractivity contribution is 7.19. The van der Waals surface area contributed by atoms with Crippen LogP contribution < -0.4 is 0 Å². The monoisotopic (exact) mass is 327 g/mol. The summed E-state index contributed by atoms with van der Waals surface area (Å²) in [6.45, 7) is 0.467. The first-order chi connectivity index (χ1) is 11.2. The summed E-state index contributed by atoms with van der Waals surface area (Å²) in [5, 5.41) is 19.8. The number of rotatable bonds is 2. The van der Waals surface area contributed by atoms with Gasteiger partial charge in [-0.2, -0.15) is 0 Å². The molecule has 0 amide bonds. The number of amidine groups is 1. The molecule has 2 aliphatic rings. The maximum atomic E-state index is 10.5. The molecular weight excluding hydrogens is 306 g/mol. The molecule has 0 spiro atoms. The fourth-order valence-corrected chi connectivity index (χ4v) is 4.72. The van der Waals surface area contributed by atoms with Crippen LogP contribution in [0.25, 0.3) is 15.8 Å². The highest BCUT2D eigenvalue weighted by atomic mass is 32.1. The maximum absolute atomic E-state index is 10.5. The molecule has 0 unspecified atom stereocenters. The van der Waals surface area contributed by atoms with E-state index < -0.39 is 0 Å². The minimum Gasteiger partial charge on any atom is -0.510 e. The Kier molecular flexibility index (Phi) is 3.81. The molecule has 4 rings (SSSR count). The smallest absolute Gasteiger partial charge is 0.135 e. The van der Waals surface area contributed by atoms with Crippen LogP contribution in [0.4, 0.5) is 0 Å². The summed E-state index contributed by atoms with van der Waals surface area (Å²) in [5.41, 5.74) is 1.57. The van der Waals surface area contributed by atoms with Gasteiger partial charge < -0.3 is 10.0 Å². The van der Waals surface area contributed by atoms with Crippen LogP contribution >= 0.6 is 11.3 Å². The number of aliphatic hydroxyl groups is 1. The van der Waals surface area contributed by atoms with Gasteiger partial charge in [0.15, 0.2) is 0 Å². The van der Waals surface area contributed by atoms with Crippen molar-refractivity contribution < 1.29 is 5.11 Å². The molecule has 5 heteroatoms. The highest BCUT2D eigenvalue weighted by Gasteiger charge is 2.34. The van der Waals surface area contributed by atoms with Gasteiger partial charge in [-0.3, -0.25) is 5.41 Å². The summed E-state index contributed by atoms with van der Waals surface area (Å²) < 4.78 is 1.10. The quantitative estimate of drug-likeness (QED) is 0.794. The molecule has 1 fully saturated rings. The van der Waals surface area contributed by atoms with Gasteiger partial charge >= 0.3 is 0 Å². The van der Waals surface area contributed by atoms with Crippen molar-refractivity contribution in [1.29, 1.82) is 5.41 Å². The summed E-state index contributed by atoms with van der Waals surface area (Å²) in [5.74, 6) is 0.756. The Bertz CT molecular complexity index is 738. The van der Waals surface area contributed by atoms with Crippen LogP contribution in [0.2, 0.25) is 0 Å². The van der Waals surface area contributed by atoms with Crippen LogP contribution in [0.5, 0.6) is 0 Å². The van der Waals surface area contributed by atoms with Crippen molar-refractivity contribution in [2.45, 2.75) is 44.6 Å². The lowest BCUT2D eigenvalue weighted by Gasteiger charge is -2.28. The van der Waals surface area contributed by atoms with E-state index in [9.17, 15) is 5.11 Å². The van der Waals surface area contributed by atoms with Crippen LogP contribution in [-0.2, 0) is 0 Å². The van der Waals surface area contributed by atoms with E-state index in [0.717, 1.165) is 28.1 Å². The maximum Gasteiger partial charge on any atom is 0.135 e. The summed E-state index contributed by atoms with van der Waals surface area (Å²) >= 11 is 1.56. The number of nitrogens with zero attached hydrogens (tertiary/aromatic N) is 2. The Morgan fingerprint density at radius 1 is 1.13 bits per heavy atom. The number of hydrogen-bond donors (Lipinski definition) is 2. The molecule has 1 saturated carbocycles. The number of fused-ring (bicyclic) bond motifs is 1. The molecule has 1 aromatic carbocycles. The molecule has 1 aromatic heterocycles. The van der Waals surface area contributed by atoms with Crippen molar-refractivity contribution in [2.75, 3.05) is 6.54 Å². The van der Waals surface area contributed by atoms with E-state index >= 15 is 0 Å². The Morgan fingerprint density at radius 3 is 2.61 bits per heavy atom. The molecule has 0 atom stereocenters. The average molecular weight is 327 g/mol. The molecule has 2 N–H and O–H groups in total. The Balaban J connectivity index is 1.63. The Hall–Kier alpha value is -1.88. The molecule has 0 radical (unpaired) electrons.